The van der Waals surface area contributed by atoms with Gasteiger partial charge < -0.3 is 4.90 Å². The number of rotatable bonds is 4. The highest BCUT2D eigenvalue weighted by Gasteiger charge is 2.54. The van der Waals surface area contributed by atoms with E-state index in [9.17, 15) is 9.18 Å². The molecule has 0 aromatic heterocycles. The maximum atomic E-state index is 14.1. The van der Waals surface area contributed by atoms with Crippen LogP contribution in [0.4, 0.5) is 4.39 Å². The number of nitrogens with zero attached hydrogens (tertiary/aromatic N) is 2. The molecule has 3 rings (SSSR count). The SMILES string of the molecule is C=C(C)CN1CCN(C(=O)C2(c3ccccc3F)CC2)CC1. The van der Waals surface area contributed by atoms with Crippen molar-refractivity contribution in [1.29, 1.82) is 0 Å². The van der Waals surface area contributed by atoms with Crippen molar-refractivity contribution in [3.8, 4) is 0 Å². The molecule has 2 fully saturated rings. The highest BCUT2D eigenvalue weighted by atomic mass is 19.1. The lowest BCUT2D eigenvalue weighted by atomic mass is 9.93. The maximum absolute atomic E-state index is 14.1. The number of halogens is 1. The van der Waals surface area contributed by atoms with E-state index in [2.05, 4.69) is 11.5 Å². The average molecular weight is 302 g/mol. The van der Waals surface area contributed by atoms with E-state index in [1.54, 1.807) is 12.1 Å². The molecule has 2 aliphatic rings. The van der Waals surface area contributed by atoms with Crippen molar-refractivity contribution in [3.63, 3.8) is 0 Å². The van der Waals surface area contributed by atoms with Gasteiger partial charge in [-0.15, -0.1) is 0 Å². The molecule has 0 spiro atoms. The van der Waals surface area contributed by atoms with Crippen LogP contribution in [-0.2, 0) is 10.2 Å². The molecule has 118 valence electrons. The highest BCUT2D eigenvalue weighted by Crippen LogP contribution is 2.50. The van der Waals surface area contributed by atoms with E-state index < -0.39 is 5.41 Å². The Labute approximate surface area is 131 Å². The standard InChI is InChI=1S/C18H23FN2O/c1-14(2)13-20-9-11-21(12-10-20)17(22)18(7-8-18)15-5-3-4-6-16(15)19/h3-6H,1,7-13H2,2H3. The van der Waals surface area contributed by atoms with Gasteiger partial charge in [-0.2, -0.15) is 0 Å². The minimum absolute atomic E-state index is 0.104. The van der Waals surface area contributed by atoms with Crippen molar-refractivity contribution in [2.45, 2.75) is 25.2 Å². The number of hydrogen-bond donors (Lipinski definition) is 0. The average Bonchev–Trinajstić information content (AvgIpc) is 3.29. The Kier molecular flexibility index (Phi) is 4.04. The Balaban J connectivity index is 1.68. The Morgan fingerprint density at radius 1 is 1.23 bits per heavy atom. The molecule has 0 N–H and O–H groups in total. The van der Waals surface area contributed by atoms with Crippen molar-refractivity contribution in [1.82, 2.24) is 9.80 Å². The van der Waals surface area contributed by atoms with Crippen LogP contribution in [-0.4, -0.2) is 48.4 Å². The highest BCUT2D eigenvalue weighted by molar-refractivity contribution is 5.91. The minimum Gasteiger partial charge on any atom is -0.339 e. The van der Waals surface area contributed by atoms with Gasteiger partial charge in [0.15, 0.2) is 0 Å². The van der Waals surface area contributed by atoms with Gasteiger partial charge in [-0.25, -0.2) is 4.39 Å². The lowest BCUT2D eigenvalue weighted by Gasteiger charge is -2.36. The second-order valence-electron chi connectivity index (χ2n) is 6.59. The molecular formula is C18H23FN2O. The summed E-state index contributed by atoms with van der Waals surface area (Å²) in [4.78, 5) is 17.1. The van der Waals surface area contributed by atoms with Crippen LogP contribution in [0.25, 0.3) is 0 Å². The van der Waals surface area contributed by atoms with Crippen LogP contribution >= 0.6 is 0 Å². The predicted molar refractivity (Wildman–Crippen MR) is 85.1 cm³/mol. The molecule has 22 heavy (non-hydrogen) atoms. The number of piperazine rings is 1. The summed E-state index contributed by atoms with van der Waals surface area (Å²) in [6.07, 6.45) is 1.53. The van der Waals surface area contributed by atoms with E-state index >= 15 is 0 Å². The fraction of sp³-hybridized carbons (Fsp3) is 0.500. The second kappa shape index (κ2) is 5.84. The van der Waals surface area contributed by atoms with Gasteiger partial charge >= 0.3 is 0 Å². The molecular weight excluding hydrogens is 279 g/mol. The molecule has 0 atom stereocenters. The maximum Gasteiger partial charge on any atom is 0.233 e. The monoisotopic (exact) mass is 302 g/mol. The second-order valence-corrected chi connectivity index (χ2v) is 6.59. The van der Waals surface area contributed by atoms with Gasteiger partial charge in [-0.05, 0) is 25.8 Å². The zero-order valence-corrected chi connectivity index (χ0v) is 13.1. The lowest BCUT2D eigenvalue weighted by molar-refractivity contribution is -0.135. The van der Waals surface area contributed by atoms with Crippen molar-refractivity contribution < 1.29 is 9.18 Å². The van der Waals surface area contributed by atoms with Crippen molar-refractivity contribution in [3.05, 3.63) is 47.8 Å². The van der Waals surface area contributed by atoms with Crippen molar-refractivity contribution in [2.24, 2.45) is 0 Å². The Morgan fingerprint density at radius 2 is 1.86 bits per heavy atom. The lowest BCUT2D eigenvalue weighted by Crippen LogP contribution is -2.51. The van der Waals surface area contributed by atoms with E-state index in [0.717, 1.165) is 51.1 Å². The Hall–Kier alpha value is -1.68. The first kappa shape index (κ1) is 15.2. The summed E-state index contributed by atoms with van der Waals surface area (Å²) in [5, 5.41) is 0. The smallest absolute Gasteiger partial charge is 0.233 e. The summed E-state index contributed by atoms with van der Waals surface area (Å²) < 4.78 is 14.1. The molecule has 1 aromatic carbocycles. The molecule has 1 aromatic rings. The van der Waals surface area contributed by atoms with Gasteiger partial charge in [0.1, 0.15) is 5.82 Å². The third-order valence-electron chi connectivity index (χ3n) is 4.70. The number of benzene rings is 1. The molecule has 1 amide bonds. The molecule has 1 heterocycles. The summed E-state index contributed by atoms with van der Waals surface area (Å²) in [5.74, 6) is -0.151. The van der Waals surface area contributed by atoms with E-state index in [0.29, 0.717) is 5.56 Å². The first-order valence-electron chi connectivity index (χ1n) is 7.94. The first-order valence-corrected chi connectivity index (χ1v) is 7.94. The summed E-state index contributed by atoms with van der Waals surface area (Å²) in [6.45, 7) is 10.0. The number of amides is 1. The van der Waals surface area contributed by atoms with Gasteiger partial charge in [-0.1, -0.05) is 30.4 Å². The zero-order chi connectivity index (χ0) is 15.7. The largest absolute Gasteiger partial charge is 0.339 e. The van der Waals surface area contributed by atoms with Gasteiger partial charge in [0.25, 0.3) is 0 Å². The van der Waals surface area contributed by atoms with Crippen molar-refractivity contribution in [2.75, 3.05) is 32.7 Å². The normalized spacial score (nSPS) is 20.7. The van der Waals surface area contributed by atoms with Crippen LogP contribution in [0.2, 0.25) is 0 Å². The Morgan fingerprint density at radius 3 is 2.41 bits per heavy atom. The van der Waals surface area contributed by atoms with Crippen molar-refractivity contribution >= 4 is 5.91 Å². The number of carbonyl (C=O) groups is 1. The van der Waals surface area contributed by atoms with E-state index in [-0.39, 0.29) is 11.7 Å². The van der Waals surface area contributed by atoms with Crippen LogP contribution in [0.15, 0.2) is 36.4 Å². The van der Waals surface area contributed by atoms with E-state index in [1.807, 2.05) is 17.9 Å². The van der Waals surface area contributed by atoms with Crippen LogP contribution in [0.3, 0.4) is 0 Å². The van der Waals surface area contributed by atoms with Gasteiger partial charge in [0, 0.05) is 38.3 Å². The Bertz CT molecular complexity index is 587. The molecule has 0 radical (unpaired) electrons. The molecule has 1 aliphatic heterocycles. The summed E-state index contributed by atoms with van der Waals surface area (Å²) in [7, 11) is 0. The minimum atomic E-state index is -0.595. The molecule has 1 aliphatic carbocycles. The molecule has 4 heteroatoms. The van der Waals surface area contributed by atoms with Gasteiger partial charge in [0.2, 0.25) is 5.91 Å². The van der Waals surface area contributed by atoms with Gasteiger partial charge in [0.05, 0.1) is 5.41 Å². The molecule has 0 unspecified atom stereocenters. The topological polar surface area (TPSA) is 23.6 Å². The fourth-order valence-corrected chi connectivity index (χ4v) is 3.37. The van der Waals surface area contributed by atoms with Crippen LogP contribution in [0.5, 0.6) is 0 Å². The van der Waals surface area contributed by atoms with Crippen LogP contribution < -0.4 is 0 Å². The van der Waals surface area contributed by atoms with Crippen LogP contribution in [0, 0.1) is 5.82 Å². The third-order valence-corrected chi connectivity index (χ3v) is 4.70. The fourth-order valence-electron chi connectivity index (χ4n) is 3.37. The van der Waals surface area contributed by atoms with E-state index in [1.165, 1.54) is 6.07 Å². The quantitative estimate of drug-likeness (QED) is 0.798. The summed E-state index contributed by atoms with van der Waals surface area (Å²) in [6, 6.07) is 6.71. The number of hydrogen-bond acceptors (Lipinski definition) is 2. The van der Waals surface area contributed by atoms with Gasteiger partial charge in [-0.3, -0.25) is 9.69 Å². The molecule has 0 bridgehead atoms. The number of carbonyl (C=O) groups excluding carboxylic acids is 1. The first-order chi connectivity index (χ1) is 10.5. The van der Waals surface area contributed by atoms with E-state index in [4.69, 9.17) is 0 Å². The molecule has 1 saturated carbocycles. The summed E-state index contributed by atoms with van der Waals surface area (Å²) >= 11 is 0. The third kappa shape index (κ3) is 2.80. The zero-order valence-electron chi connectivity index (χ0n) is 13.1. The molecule has 3 nitrogen and oxygen atoms in total. The summed E-state index contributed by atoms with van der Waals surface area (Å²) in [5.41, 5.74) is 1.12. The predicted octanol–water partition coefficient (Wildman–Crippen LogP) is 2.58. The van der Waals surface area contributed by atoms with Crippen LogP contribution in [0.1, 0.15) is 25.3 Å². The molecule has 1 saturated heterocycles.